The normalized spacial score (nSPS) is 19.6. The molecule has 0 saturated carbocycles. The Kier molecular flexibility index (Phi) is 5.90. The van der Waals surface area contributed by atoms with Crippen LogP contribution in [0.25, 0.3) is 4.96 Å². The van der Waals surface area contributed by atoms with Gasteiger partial charge >= 0.3 is 0 Å². The molecule has 0 spiro atoms. The lowest BCUT2D eigenvalue weighted by molar-refractivity contribution is -1.02. The summed E-state index contributed by atoms with van der Waals surface area (Å²) in [6.07, 6.45) is 1.78. The van der Waals surface area contributed by atoms with E-state index in [-0.39, 0.29) is 5.56 Å². The molecule has 1 saturated heterocycles. The molecule has 3 aromatic rings. The SMILES string of the molecule is COc1ccc(OCC[NH+]2CC[NH+](Cc3cc(=O)n4ccsc4n3)CC2)cc1. The number of fused-ring (bicyclic) bond motifs is 1. The highest BCUT2D eigenvalue weighted by Crippen LogP contribution is 2.16. The van der Waals surface area contributed by atoms with E-state index in [1.807, 2.05) is 29.6 Å². The molecule has 1 aromatic carbocycles. The number of nitrogens with one attached hydrogen (secondary N) is 2. The third-order valence-electron chi connectivity index (χ3n) is 5.24. The first-order valence-electron chi connectivity index (χ1n) is 9.61. The molecule has 7 nitrogen and oxygen atoms in total. The fourth-order valence-corrected chi connectivity index (χ4v) is 4.34. The van der Waals surface area contributed by atoms with Crippen molar-refractivity contribution in [1.82, 2.24) is 9.38 Å². The first-order chi connectivity index (χ1) is 13.7. The van der Waals surface area contributed by atoms with Gasteiger partial charge in [-0.2, -0.15) is 0 Å². The van der Waals surface area contributed by atoms with Gasteiger partial charge in [0, 0.05) is 17.6 Å². The number of nitrogens with zero attached hydrogens (tertiary/aromatic N) is 2. The molecule has 148 valence electrons. The molecule has 28 heavy (non-hydrogen) atoms. The third kappa shape index (κ3) is 4.52. The van der Waals surface area contributed by atoms with Gasteiger partial charge in [-0.3, -0.25) is 9.20 Å². The van der Waals surface area contributed by atoms with Crippen LogP contribution in [0, 0.1) is 0 Å². The summed E-state index contributed by atoms with van der Waals surface area (Å²) < 4.78 is 12.6. The van der Waals surface area contributed by atoms with Crippen molar-refractivity contribution >= 4 is 16.3 Å². The first-order valence-corrected chi connectivity index (χ1v) is 10.5. The molecule has 4 rings (SSSR count). The van der Waals surface area contributed by atoms with Crippen LogP contribution in [0.1, 0.15) is 5.69 Å². The van der Waals surface area contributed by atoms with Crippen molar-refractivity contribution in [2.45, 2.75) is 6.54 Å². The topological polar surface area (TPSA) is 61.7 Å². The van der Waals surface area contributed by atoms with Gasteiger partial charge in [0.1, 0.15) is 63.1 Å². The monoisotopic (exact) mass is 402 g/mol. The fourth-order valence-electron chi connectivity index (χ4n) is 3.60. The van der Waals surface area contributed by atoms with E-state index in [1.54, 1.807) is 28.7 Å². The van der Waals surface area contributed by atoms with Gasteiger partial charge in [0.15, 0.2) is 4.96 Å². The van der Waals surface area contributed by atoms with Crippen molar-refractivity contribution in [2.24, 2.45) is 0 Å². The highest BCUT2D eigenvalue weighted by molar-refractivity contribution is 7.15. The van der Waals surface area contributed by atoms with E-state index in [2.05, 4.69) is 4.98 Å². The first kappa shape index (κ1) is 18.9. The smallest absolute Gasteiger partial charge is 0.258 e. The number of benzene rings is 1. The Hall–Kier alpha value is -2.42. The maximum atomic E-state index is 12.1. The quantitative estimate of drug-likeness (QED) is 0.539. The number of hydrogen-bond acceptors (Lipinski definition) is 5. The van der Waals surface area contributed by atoms with Crippen LogP contribution in [0.2, 0.25) is 0 Å². The lowest BCUT2D eigenvalue weighted by Gasteiger charge is -2.29. The van der Waals surface area contributed by atoms with Crippen molar-refractivity contribution in [1.29, 1.82) is 0 Å². The molecule has 3 heterocycles. The zero-order chi connectivity index (χ0) is 19.3. The molecule has 0 bridgehead atoms. The second-order valence-corrected chi connectivity index (χ2v) is 7.97. The Bertz CT molecular complexity index is 961. The molecular formula is C20H26N4O3S+2. The van der Waals surface area contributed by atoms with Gasteiger partial charge in [-0.1, -0.05) is 0 Å². The fraction of sp³-hybridized carbons (Fsp3) is 0.400. The Morgan fingerprint density at radius 3 is 2.57 bits per heavy atom. The molecule has 0 radical (unpaired) electrons. The molecule has 0 unspecified atom stereocenters. The number of thiazole rings is 1. The van der Waals surface area contributed by atoms with Crippen LogP contribution in [-0.4, -0.2) is 55.8 Å². The van der Waals surface area contributed by atoms with Crippen LogP contribution < -0.4 is 24.8 Å². The number of piperazine rings is 1. The molecule has 8 heteroatoms. The van der Waals surface area contributed by atoms with Gasteiger partial charge in [0.25, 0.3) is 5.56 Å². The molecule has 0 amide bonds. The van der Waals surface area contributed by atoms with E-state index >= 15 is 0 Å². The largest absolute Gasteiger partial charge is 0.497 e. The Labute approximate surface area is 167 Å². The number of rotatable bonds is 7. The van der Waals surface area contributed by atoms with E-state index < -0.39 is 0 Å². The van der Waals surface area contributed by atoms with E-state index in [0.29, 0.717) is 6.61 Å². The average Bonchev–Trinajstić information content (AvgIpc) is 3.19. The maximum Gasteiger partial charge on any atom is 0.258 e. The summed E-state index contributed by atoms with van der Waals surface area (Å²) in [4.78, 5) is 20.6. The molecule has 1 aliphatic heterocycles. The van der Waals surface area contributed by atoms with Crippen LogP contribution >= 0.6 is 11.3 Å². The summed E-state index contributed by atoms with van der Waals surface area (Å²) in [7, 11) is 1.66. The zero-order valence-corrected chi connectivity index (χ0v) is 16.8. The van der Waals surface area contributed by atoms with Crippen LogP contribution in [0.5, 0.6) is 11.5 Å². The molecule has 0 atom stereocenters. The number of aromatic nitrogens is 2. The summed E-state index contributed by atoms with van der Waals surface area (Å²) in [6.45, 7) is 6.93. The molecule has 2 aromatic heterocycles. The number of quaternary nitrogens is 2. The standard InChI is InChI=1S/C20H24N4O3S/c1-26-17-2-4-18(5-3-17)27-12-10-22-6-8-23(9-7-22)15-16-14-19(25)24-11-13-28-20(24)21-16/h2-5,11,13-14H,6-10,12,15H2,1H3/p+2. The summed E-state index contributed by atoms with van der Waals surface area (Å²) in [5.74, 6) is 1.72. The maximum absolute atomic E-state index is 12.1. The minimum atomic E-state index is 0.0144. The second-order valence-electron chi connectivity index (χ2n) is 7.09. The Morgan fingerprint density at radius 2 is 1.82 bits per heavy atom. The molecular weight excluding hydrogens is 376 g/mol. The average molecular weight is 403 g/mol. The van der Waals surface area contributed by atoms with Gasteiger partial charge in [-0.25, -0.2) is 4.98 Å². The van der Waals surface area contributed by atoms with Crippen molar-refractivity contribution in [3.8, 4) is 11.5 Å². The van der Waals surface area contributed by atoms with Crippen molar-refractivity contribution in [2.75, 3.05) is 46.4 Å². The predicted molar refractivity (Wildman–Crippen MR) is 108 cm³/mol. The van der Waals surface area contributed by atoms with Crippen molar-refractivity contribution in [3.05, 3.63) is 58.0 Å². The van der Waals surface area contributed by atoms with Crippen molar-refractivity contribution in [3.63, 3.8) is 0 Å². The lowest BCUT2D eigenvalue weighted by Crippen LogP contribution is -3.27. The van der Waals surface area contributed by atoms with Crippen molar-refractivity contribution < 1.29 is 19.3 Å². The van der Waals surface area contributed by atoms with Crippen LogP contribution in [0.15, 0.2) is 46.7 Å². The van der Waals surface area contributed by atoms with Crippen LogP contribution in [-0.2, 0) is 6.54 Å². The molecule has 0 aliphatic carbocycles. The summed E-state index contributed by atoms with van der Waals surface area (Å²) in [5, 5.41) is 1.90. The van der Waals surface area contributed by atoms with E-state index in [0.717, 1.165) is 61.4 Å². The Morgan fingerprint density at radius 1 is 1.11 bits per heavy atom. The minimum Gasteiger partial charge on any atom is -0.497 e. The zero-order valence-electron chi connectivity index (χ0n) is 16.0. The van der Waals surface area contributed by atoms with E-state index in [1.165, 1.54) is 16.2 Å². The second kappa shape index (κ2) is 8.72. The lowest BCUT2D eigenvalue weighted by atomic mass is 10.3. The summed E-state index contributed by atoms with van der Waals surface area (Å²) >= 11 is 1.50. The molecule has 1 fully saturated rings. The molecule has 2 N–H and O–H groups in total. The van der Waals surface area contributed by atoms with Gasteiger partial charge in [0.2, 0.25) is 0 Å². The third-order valence-corrected chi connectivity index (χ3v) is 5.99. The molecule has 1 aliphatic rings. The van der Waals surface area contributed by atoms with Crippen LogP contribution in [0.3, 0.4) is 0 Å². The minimum absolute atomic E-state index is 0.0144. The summed E-state index contributed by atoms with van der Waals surface area (Å²) in [6, 6.07) is 9.39. The highest BCUT2D eigenvalue weighted by atomic mass is 32.1. The van der Waals surface area contributed by atoms with Gasteiger partial charge in [-0.15, -0.1) is 11.3 Å². The number of ether oxygens (including phenoxy) is 2. The summed E-state index contributed by atoms with van der Waals surface area (Å²) in [5.41, 5.74) is 0.911. The predicted octanol–water partition coefficient (Wildman–Crippen LogP) is -0.873. The van der Waals surface area contributed by atoms with Gasteiger partial charge in [-0.05, 0) is 24.3 Å². The van der Waals surface area contributed by atoms with E-state index in [4.69, 9.17) is 9.47 Å². The van der Waals surface area contributed by atoms with Crippen LogP contribution in [0.4, 0.5) is 0 Å². The number of methoxy groups -OCH3 is 1. The highest BCUT2D eigenvalue weighted by Gasteiger charge is 2.23. The number of hydrogen-bond donors (Lipinski definition) is 2. The van der Waals surface area contributed by atoms with E-state index in [9.17, 15) is 4.79 Å². The Balaban J connectivity index is 1.22. The van der Waals surface area contributed by atoms with Gasteiger partial charge < -0.3 is 19.3 Å². The van der Waals surface area contributed by atoms with Gasteiger partial charge in [0.05, 0.1) is 7.11 Å².